The number of hydrogen-bond acceptors (Lipinski definition) is 2. The molecule has 0 saturated carbocycles. The van der Waals surface area contributed by atoms with Crippen molar-refractivity contribution in [3.05, 3.63) is 34.6 Å². The van der Waals surface area contributed by atoms with Gasteiger partial charge >= 0.3 is 0 Å². The molecule has 16 heavy (non-hydrogen) atoms. The van der Waals surface area contributed by atoms with Crippen LogP contribution in [0.15, 0.2) is 18.2 Å². The topological polar surface area (TPSA) is 27.0 Å². The van der Waals surface area contributed by atoms with Gasteiger partial charge in [0.15, 0.2) is 0 Å². The van der Waals surface area contributed by atoms with Crippen molar-refractivity contribution in [2.45, 2.75) is 19.9 Å². The lowest BCUT2D eigenvalue weighted by Crippen LogP contribution is -2.24. The molecule has 1 aromatic rings. The number of nitrogens with zero attached hydrogens (tertiary/aromatic N) is 2. The minimum atomic E-state index is -0.250. The van der Waals surface area contributed by atoms with Gasteiger partial charge in [0.05, 0.1) is 6.07 Å². The van der Waals surface area contributed by atoms with Gasteiger partial charge < -0.3 is 0 Å². The SMILES string of the molecule is CCN(CCC#N)Cc1cc(Cl)ccc1F. The van der Waals surface area contributed by atoms with Gasteiger partial charge in [0, 0.05) is 30.1 Å². The lowest BCUT2D eigenvalue weighted by Gasteiger charge is -2.19. The van der Waals surface area contributed by atoms with Crippen LogP contribution in [0.1, 0.15) is 18.9 Å². The highest BCUT2D eigenvalue weighted by molar-refractivity contribution is 6.30. The molecular weight excluding hydrogens is 227 g/mol. The zero-order valence-electron chi connectivity index (χ0n) is 9.21. The predicted molar refractivity (Wildman–Crippen MR) is 62.6 cm³/mol. The third kappa shape index (κ3) is 3.80. The number of rotatable bonds is 5. The fourth-order valence-electron chi connectivity index (χ4n) is 1.46. The first-order chi connectivity index (χ1) is 7.67. The van der Waals surface area contributed by atoms with Gasteiger partial charge in [-0.25, -0.2) is 4.39 Å². The summed E-state index contributed by atoms with van der Waals surface area (Å²) in [6.45, 7) is 3.91. The van der Waals surface area contributed by atoms with E-state index < -0.39 is 0 Å². The van der Waals surface area contributed by atoms with Crippen molar-refractivity contribution in [3.8, 4) is 6.07 Å². The molecule has 86 valence electrons. The Hall–Kier alpha value is -1.11. The molecule has 4 heteroatoms. The Morgan fingerprint density at radius 1 is 1.50 bits per heavy atom. The number of benzene rings is 1. The normalized spacial score (nSPS) is 10.4. The van der Waals surface area contributed by atoms with Crippen LogP contribution in [-0.4, -0.2) is 18.0 Å². The van der Waals surface area contributed by atoms with E-state index >= 15 is 0 Å². The van der Waals surface area contributed by atoms with E-state index in [0.717, 1.165) is 6.54 Å². The molecule has 0 unspecified atom stereocenters. The van der Waals surface area contributed by atoms with Crippen LogP contribution in [0.25, 0.3) is 0 Å². The smallest absolute Gasteiger partial charge is 0.127 e. The molecule has 0 heterocycles. The highest BCUT2D eigenvalue weighted by Crippen LogP contribution is 2.16. The Labute approximate surface area is 100 Å². The van der Waals surface area contributed by atoms with E-state index in [2.05, 4.69) is 6.07 Å². The third-order valence-electron chi connectivity index (χ3n) is 2.39. The minimum absolute atomic E-state index is 0.250. The standard InChI is InChI=1S/C12H14ClFN2/c1-2-16(7-3-6-15)9-10-8-11(13)4-5-12(10)14/h4-5,8H,2-3,7,9H2,1H3. The van der Waals surface area contributed by atoms with E-state index in [0.29, 0.717) is 30.1 Å². The maximum atomic E-state index is 13.4. The molecule has 0 aliphatic rings. The summed E-state index contributed by atoms with van der Waals surface area (Å²) in [5.41, 5.74) is 0.576. The summed E-state index contributed by atoms with van der Waals surface area (Å²) in [6, 6.07) is 6.62. The van der Waals surface area contributed by atoms with Gasteiger partial charge in [0.1, 0.15) is 5.82 Å². The Kier molecular flexibility index (Phi) is 5.24. The van der Waals surface area contributed by atoms with Crippen LogP contribution in [0.3, 0.4) is 0 Å². The lowest BCUT2D eigenvalue weighted by atomic mass is 10.2. The second-order valence-corrected chi connectivity index (χ2v) is 3.95. The first-order valence-corrected chi connectivity index (χ1v) is 5.58. The van der Waals surface area contributed by atoms with Crippen molar-refractivity contribution >= 4 is 11.6 Å². The Morgan fingerprint density at radius 2 is 2.25 bits per heavy atom. The molecule has 0 aliphatic heterocycles. The first-order valence-electron chi connectivity index (χ1n) is 5.20. The summed E-state index contributed by atoms with van der Waals surface area (Å²) in [6.07, 6.45) is 0.454. The molecule has 0 radical (unpaired) electrons. The molecule has 0 fully saturated rings. The molecule has 0 amide bonds. The molecule has 0 atom stereocenters. The van der Waals surface area contributed by atoms with Crippen LogP contribution in [0, 0.1) is 17.1 Å². The van der Waals surface area contributed by atoms with Crippen LogP contribution in [0.2, 0.25) is 5.02 Å². The molecule has 0 N–H and O–H groups in total. The van der Waals surface area contributed by atoms with E-state index in [1.807, 2.05) is 11.8 Å². The molecule has 1 rings (SSSR count). The largest absolute Gasteiger partial charge is 0.298 e. The third-order valence-corrected chi connectivity index (χ3v) is 2.62. The highest BCUT2D eigenvalue weighted by atomic mass is 35.5. The lowest BCUT2D eigenvalue weighted by molar-refractivity contribution is 0.282. The molecule has 2 nitrogen and oxygen atoms in total. The molecule has 0 saturated heterocycles. The molecular formula is C12H14ClFN2. The van der Waals surface area contributed by atoms with Crippen molar-refractivity contribution in [3.63, 3.8) is 0 Å². The fourth-order valence-corrected chi connectivity index (χ4v) is 1.66. The van der Waals surface area contributed by atoms with Gasteiger partial charge in [-0.15, -0.1) is 0 Å². The number of halogens is 2. The second kappa shape index (κ2) is 6.47. The van der Waals surface area contributed by atoms with E-state index in [9.17, 15) is 4.39 Å². The molecule has 0 spiro atoms. The maximum absolute atomic E-state index is 13.4. The zero-order chi connectivity index (χ0) is 12.0. The maximum Gasteiger partial charge on any atom is 0.127 e. The van der Waals surface area contributed by atoms with Gasteiger partial charge in [0.25, 0.3) is 0 Å². The quantitative estimate of drug-likeness (QED) is 0.790. The van der Waals surface area contributed by atoms with Crippen molar-refractivity contribution in [1.29, 1.82) is 5.26 Å². The average Bonchev–Trinajstić information content (AvgIpc) is 2.28. The zero-order valence-corrected chi connectivity index (χ0v) is 9.97. The second-order valence-electron chi connectivity index (χ2n) is 3.51. The van der Waals surface area contributed by atoms with E-state index in [1.165, 1.54) is 12.1 Å². The molecule has 0 aromatic heterocycles. The average molecular weight is 241 g/mol. The predicted octanol–water partition coefficient (Wildman–Crippen LogP) is 3.21. The van der Waals surface area contributed by atoms with Crippen molar-refractivity contribution < 1.29 is 4.39 Å². The molecule has 0 bridgehead atoms. The highest BCUT2D eigenvalue weighted by Gasteiger charge is 2.08. The van der Waals surface area contributed by atoms with Gasteiger partial charge in [-0.1, -0.05) is 18.5 Å². The van der Waals surface area contributed by atoms with E-state index in [4.69, 9.17) is 16.9 Å². The van der Waals surface area contributed by atoms with Crippen molar-refractivity contribution in [1.82, 2.24) is 4.90 Å². The Morgan fingerprint density at radius 3 is 2.88 bits per heavy atom. The summed E-state index contributed by atoms with van der Waals surface area (Å²) in [5, 5.41) is 9.04. The van der Waals surface area contributed by atoms with Gasteiger partial charge in [0.2, 0.25) is 0 Å². The van der Waals surface area contributed by atoms with E-state index in [-0.39, 0.29) is 5.82 Å². The van der Waals surface area contributed by atoms with Crippen LogP contribution >= 0.6 is 11.6 Å². The summed E-state index contributed by atoms with van der Waals surface area (Å²) >= 11 is 5.81. The summed E-state index contributed by atoms with van der Waals surface area (Å²) in [4.78, 5) is 2.01. The van der Waals surface area contributed by atoms with Crippen LogP contribution in [-0.2, 0) is 6.54 Å². The Bertz CT molecular complexity index is 387. The number of hydrogen-bond donors (Lipinski definition) is 0. The van der Waals surface area contributed by atoms with Crippen LogP contribution in [0.5, 0.6) is 0 Å². The monoisotopic (exact) mass is 240 g/mol. The fraction of sp³-hybridized carbons (Fsp3) is 0.417. The van der Waals surface area contributed by atoms with Gasteiger partial charge in [-0.2, -0.15) is 5.26 Å². The van der Waals surface area contributed by atoms with Crippen LogP contribution < -0.4 is 0 Å². The molecule has 1 aromatic carbocycles. The van der Waals surface area contributed by atoms with Gasteiger partial charge in [-0.05, 0) is 24.7 Å². The Balaban J connectivity index is 2.70. The van der Waals surface area contributed by atoms with Gasteiger partial charge in [-0.3, -0.25) is 4.90 Å². The van der Waals surface area contributed by atoms with Crippen molar-refractivity contribution in [2.24, 2.45) is 0 Å². The van der Waals surface area contributed by atoms with Crippen molar-refractivity contribution in [2.75, 3.05) is 13.1 Å². The summed E-state index contributed by atoms with van der Waals surface area (Å²) < 4.78 is 13.4. The molecule has 0 aliphatic carbocycles. The number of nitriles is 1. The van der Waals surface area contributed by atoms with E-state index in [1.54, 1.807) is 6.07 Å². The summed E-state index contributed by atoms with van der Waals surface area (Å²) in [5.74, 6) is -0.250. The first kappa shape index (κ1) is 13.0. The minimum Gasteiger partial charge on any atom is -0.298 e. The van der Waals surface area contributed by atoms with Crippen LogP contribution in [0.4, 0.5) is 4.39 Å². The summed E-state index contributed by atoms with van der Waals surface area (Å²) in [7, 11) is 0.